The van der Waals surface area contributed by atoms with Crippen LogP contribution >= 0.6 is 27.3 Å². The minimum atomic E-state index is -0.916. The van der Waals surface area contributed by atoms with Crippen molar-refractivity contribution < 1.29 is 14.3 Å². The topological polar surface area (TPSA) is 50.2 Å². The van der Waals surface area contributed by atoms with E-state index in [2.05, 4.69) is 20.9 Å². The maximum absolute atomic E-state index is 13.8. The zero-order chi connectivity index (χ0) is 13.3. The zero-order valence-electron chi connectivity index (χ0n) is 9.41. The van der Waals surface area contributed by atoms with Crippen molar-refractivity contribution in [2.24, 2.45) is 0 Å². The van der Waals surface area contributed by atoms with Crippen molar-refractivity contribution in [3.63, 3.8) is 0 Å². The van der Waals surface area contributed by atoms with Crippen LogP contribution in [-0.4, -0.2) is 16.1 Å². The highest BCUT2D eigenvalue weighted by atomic mass is 79.9. The van der Waals surface area contributed by atoms with Crippen LogP contribution in [0.2, 0.25) is 0 Å². The molecule has 2 aromatic rings. The van der Waals surface area contributed by atoms with Gasteiger partial charge in [-0.05, 0) is 35.0 Å². The summed E-state index contributed by atoms with van der Waals surface area (Å²) in [5, 5.41) is 9.27. The largest absolute Gasteiger partial charge is 0.481 e. The van der Waals surface area contributed by atoms with Crippen molar-refractivity contribution in [3.05, 3.63) is 39.1 Å². The van der Waals surface area contributed by atoms with Gasteiger partial charge in [0.25, 0.3) is 0 Å². The molecule has 2 rings (SSSR count). The third-order valence-corrected chi connectivity index (χ3v) is 4.22. The lowest BCUT2D eigenvalue weighted by atomic mass is 10.2. The third kappa shape index (κ3) is 2.59. The molecule has 94 valence electrons. The van der Waals surface area contributed by atoms with E-state index >= 15 is 0 Å². The van der Waals surface area contributed by atoms with E-state index in [0.29, 0.717) is 25.6 Å². The molecule has 0 aliphatic heterocycles. The SMILES string of the molecule is Cc1nc(-c2c(F)cccc2Br)sc1CC(=O)O. The molecule has 1 heterocycles. The molecule has 1 N–H and O–H groups in total. The highest BCUT2D eigenvalue weighted by Gasteiger charge is 2.16. The number of hydrogen-bond donors (Lipinski definition) is 1. The Morgan fingerprint density at radius 2 is 2.28 bits per heavy atom. The number of benzene rings is 1. The van der Waals surface area contributed by atoms with Gasteiger partial charge < -0.3 is 5.11 Å². The Morgan fingerprint density at radius 1 is 1.56 bits per heavy atom. The lowest BCUT2D eigenvalue weighted by Gasteiger charge is -2.01. The molecule has 0 amide bonds. The summed E-state index contributed by atoms with van der Waals surface area (Å²) >= 11 is 4.49. The summed E-state index contributed by atoms with van der Waals surface area (Å²) < 4.78 is 14.4. The summed E-state index contributed by atoms with van der Waals surface area (Å²) in [6.07, 6.45) is -0.0877. The van der Waals surface area contributed by atoms with Crippen LogP contribution in [0, 0.1) is 12.7 Å². The van der Waals surface area contributed by atoms with Gasteiger partial charge in [-0.25, -0.2) is 9.37 Å². The molecule has 0 radical (unpaired) electrons. The molecule has 1 aromatic carbocycles. The van der Waals surface area contributed by atoms with Gasteiger partial charge in [0.05, 0.1) is 17.7 Å². The summed E-state index contributed by atoms with van der Waals surface area (Å²) in [6, 6.07) is 4.68. The van der Waals surface area contributed by atoms with E-state index in [1.165, 1.54) is 17.4 Å². The second-order valence-corrected chi connectivity index (χ2v) is 5.63. The number of carboxylic acid groups (broad SMARTS) is 1. The maximum Gasteiger partial charge on any atom is 0.308 e. The summed E-state index contributed by atoms with van der Waals surface area (Å²) in [6.45, 7) is 1.73. The van der Waals surface area contributed by atoms with Crippen LogP contribution in [0.1, 0.15) is 10.6 Å². The average Bonchev–Trinajstić information content (AvgIpc) is 2.59. The fraction of sp³-hybridized carbons (Fsp3) is 0.167. The van der Waals surface area contributed by atoms with E-state index in [-0.39, 0.29) is 12.2 Å². The number of thiazole rings is 1. The Bertz CT molecular complexity index is 592. The predicted octanol–water partition coefficient (Wildman–Crippen LogP) is 3.65. The number of hydrogen-bond acceptors (Lipinski definition) is 3. The molecule has 0 fully saturated rings. The molecule has 0 saturated heterocycles. The van der Waals surface area contributed by atoms with Crippen LogP contribution in [0.25, 0.3) is 10.6 Å². The second-order valence-electron chi connectivity index (χ2n) is 3.69. The molecule has 6 heteroatoms. The molecule has 0 aliphatic rings. The highest BCUT2D eigenvalue weighted by molar-refractivity contribution is 9.10. The van der Waals surface area contributed by atoms with Crippen molar-refractivity contribution in [1.29, 1.82) is 0 Å². The third-order valence-electron chi connectivity index (χ3n) is 2.38. The Labute approximate surface area is 115 Å². The van der Waals surface area contributed by atoms with E-state index < -0.39 is 5.97 Å². The van der Waals surface area contributed by atoms with Crippen LogP contribution in [0.15, 0.2) is 22.7 Å². The van der Waals surface area contributed by atoms with E-state index in [1.54, 1.807) is 19.1 Å². The van der Waals surface area contributed by atoms with Crippen LogP contribution < -0.4 is 0 Å². The number of halogens is 2. The van der Waals surface area contributed by atoms with Crippen molar-refractivity contribution in [2.45, 2.75) is 13.3 Å². The van der Waals surface area contributed by atoms with E-state index in [9.17, 15) is 9.18 Å². The molecule has 0 aliphatic carbocycles. The molecule has 0 atom stereocenters. The Kier molecular flexibility index (Phi) is 3.77. The number of aliphatic carboxylic acids is 1. The van der Waals surface area contributed by atoms with Crippen molar-refractivity contribution in [2.75, 3.05) is 0 Å². The normalized spacial score (nSPS) is 10.6. The molecular weight excluding hydrogens is 321 g/mol. The van der Waals surface area contributed by atoms with Gasteiger partial charge in [-0.3, -0.25) is 4.79 Å². The average molecular weight is 330 g/mol. The molecule has 0 bridgehead atoms. The summed E-state index contributed by atoms with van der Waals surface area (Å²) in [5.41, 5.74) is 1.01. The van der Waals surface area contributed by atoms with Gasteiger partial charge >= 0.3 is 5.97 Å². The lowest BCUT2D eigenvalue weighted by Crippen LogP contribution is -1.99. The summed E-state index contributed by atoms with van der Waals surface area (Å²) in [7, 11) is 0. The van der Waals surface area contributed by atoms with Crippen LogP contribution in [-0.2, 0) is 11.2 Å². The minimum Gasteiger partial charge on any atom is -0.481 e. The van der Waals surface area contributed by atoms with Gasteiger partial charge in [-0.2, -0.15) is 0 Å². The van der Waals surface area contributed by atoms with Crippen LogP contribution in [0.5, 0.6) is 0 Å². The predicted molar refractivity (Wildman–Crippen MR) is 71.3 cm³/mol. The van der Waals surface area contributed by atoms with Gasteiger partial charge in [0.1, 0.15) is 10.8 Å². The molecule has 1 aromatic heterocycles. The second kappa shape index (κ2) is 5.16. The van der Waals surface area contributed by atoms with Gasteiger partial charge in [-0.1, -0.05) is 6.07 Å². The standard InChI is InChI=1S/C12H9BrFNO2S/c1-6-9(5-10(16)17)18-12(15-6)11-7(13)3-2-4-8(11)14/h2-4H,5H2,1H3,(H,16,17). The maximum atomic E-state index is 13.8. The van der Waals surface area contributed by atoms with E-state index in [0.717, 1.165) is 0 Å². The minimum absolute atomic E-state index is 0.0877. The Morgan fingerprint density at radius 3 is 2.89 bits per heavy atom. The first-order valence-electron chi connectivity index (χ1n) is 5.11. The van der Waals surface area contributed by atoms with E-state index in [1.807, 2.05) is 0 Å². The molecule has 3 nitrogen and oxygen atoms in total. The monoisotopic (exact) mass is 329 g/mol. The van der Waals surface area contributed by atoms with Crippen molar-refractivity contribution in [1.82, 2.24) is 4.98 Å². The summed E-state index contributed by atoms with van der Waals surface area (Å²) in [5.74, 6) is -1.29. The van der Waals surface area contributed by atoms with Gasteiger partial charge in [0.2, 0.25) is 0 Å². The zero-order valence-corrected chi connectivity index (χ0v) is 11.8. The van der Waals surface area contributed by atoms with Gasteiger partial charge in [0.15, 0.2) is 0 Å². The fourth-order valence-corrected chi connectivity index (χ4v) is 3.31. The summed E-state index contributed by atoms with van der Waals surface area (Å²) in [4.78, 5) is 15.6. The van der Waals surface area contributed by atoms with Crippen molar-refractivity contribution in [3.8, 4) is 10.6 Å². The molecule has 0 saturated carbocycles. The molecule has 0 unspecified atom stereocenters. The number of rotatable bonds is 3. The van der Waals surface area contributed by atoms with Gasteiger partial charge in [0, 0.05) is 9.35 Å². The van der Waals surface area contributed by atoms with Crippen LogP contribution in [0.4, 0.5) is 4.39 Å². The molecule has 0 spiro atoms. The smallest absolute Gasteiger partial charge is 0.308 e. The number of nitrogens with zero attached hydrogens (tertiary/aromatic N) is 1. The van der Waals surface area contributed by atoms with E-state index in [4.69, 9.17) is 5.11 Å². The number of aromatic nitrogens is 1. The fourth-order valence-electron chi connectivity index (χ4n) is 1.54. The lowest BCUT2D eigenvalue weighted by molar-refractivity contribution is -0.136. The Balaban J connectivity index is 2.49. The van der Waals surface area contributed by atoms with Gasteiger partial charge in [-0.15, -0.1) is 11.3 Å². The quantitative estimate of drug-likeness (QED) is 0.935. The first kappa shape index (κ1) is 13.2. The Hall–Kier alpha value is -1.27. The molecular formula is C12H9BrFNO2S. The van der Waals surface area contributed by atoms with Crippen molar-refractivity contribution >= 4 is 33.2 Å². The first-order chi connectivity index (χ1) is 8.49. The number of carboxylic acids is 1. The number of carbonyl (C=O) groups is 1. The molecule has 18 heavy (non-hydrogen) atoms. The van der Waals surface area contributed by atoms with Crippen LogP contribution in [0.3, 0.4) is 0 Å². The number of aryl methyl sites for hydroxylation is 1. The highest BCUT2D eigenvalue weighted by Crippen LogP contribution is 2.35. The first-order valence-corrected chi connectivity index (χ1v) is 6.72.